The molecule has 0 radical (unpaired) electrons. The first-order valence-corrected chi connectivity index (χ1v) is 8.44. The van der Waals surface area contributed by atoms with Crippen molar-refractivity contribution in [3.8, 4) is 0 Å². The summed E-state index contributed by atoms with van der Waals surface area (Å²) >= 11 is 0. The molecule has 0 spiro atoms. The molecule has 1 N–H and O–H groups in total. The molecule has 0 bridgehead atoms. The Bertz CT molecular complexity index is 583. The Morgan fingerprint density at radius 3 is 2.62 bits per heavy atom. The molecule has 0 aromatic heterocycles. The number of benzene rings is 1. The van der Waals surface area contributed by atoms with Crippen LogP contribution in [0.2, 0.25) is 0 Å². The van der Waals surface area contributed by atoms with E-state index < -0.39 is 22.4 Å². The van der Waals surface area contributed by atoms with Gasteiger partial charge in [0, 0.05) is 25.3 Å². The van der Waals surface area contributed by atoms with Crippen LogP contribution in [0.25, 0.3) is 0 Å². The summed E-state index contributed by atoms with van der Waals surface area (Å²) in [6, 6.07) is 3.50. The minimum absolute atomic E-state index is 0.0136. The second kappa shape index (κ2) is 6.83. The van der Waals surface area contributed by atoms with E-state index in [1.54, 1.807) is 0 Å². The Balaban J connectivity index is 2.15. The molecule has 7 heteroatoms. The van der Waals surface area contributed by atoms with Crippen LogP contribution in [0, 0.1) is 5.82 Å². The Labute approximate surface area is 124 Å². The van der Waals surface area contributed by atoms with Crippen molar-refractivity contribution >= 4 is 10.0 Å². The zero-order chi connectivity index (χ0) is 15.5. The van der Waals surface area contributed by atoms with Gasteiger partial charge in [-0.05, 0) is 38.0 Å². The molecule has 1 heterocycles. The number of halogens is 1. The second-order valence-corrected chi connectivity index (χ2v) is 6.91. The summed E-state index contributed by atoms with van der Waals surface area (Å²) in [4.78, 5) is 0.0165. The van der Waals surface area contributed by atoms with Gasteiger partial charge in [0.05, 0.1) is 17.6 Å². The molecule has 1 aliphatic rings. The average molecular weight is 317 g/mol. The summed E-state index contributed by atoms with van der Waals surface area (Å²) in [6.45, 7) is 2.78. The normalized spacial score (nSPS) is 18.0. The highest BCUT2D eigenvalue weighted by molar-refractivity contribution is 7.89. The van der Waals surface area contributed by atoms with Gasteiger partial charge < -0.3 is 9.84 Å². The van der Waals surface area contributed by atoms with Gasteiger partial charge in [-0.1, -0.05) is 0 Å². The summed E-state index contributed by atoms with van der Waals surface area (Å²) in [5.74, 6) is -0.605. The largest absolute Gasteiger partial charge is 0.392 e. The average Bonchev–Trinajstić information content (AvgIpc) is 2.48. The van der Waals surface area contributed by atoms with Crippen LogP contribution in [0.4, 0.5) is 4.39 Å². The van der Waals surface area contributed by atoms with Crippen molar-refractivity contribution in [1.29, 1.82) is 0 Å². The van der Waals surface area contributed by atoms with E-state index in [4.69, 9.17) is 9.84 Å². The first-order chi connectivity index (χ1) is 9.98. The van der Waals surface area contributed by atoms with Crippen molar-refractivity contribution in [3.05, 3.63) is 29.6 Å². The van der Waals surface area contributed by atoms with E-state index in [1.807, 2.05) is 6.92 Å². The fourth-order valence-corrected chi connectivity index (χ4v) is 3.98. The fraction of sp³-hybridized carbons (Fsp3) is 0.571. The molecular formula is C14H20FNO4S. The van der Waals surface area contributed by atoms with Crippen LogP contribution in [0.1, 0.15) is 25.3 Å². The van der Waals surface area contributed by atoms with Crippen molar-refractivity contribution in [1.82, 2.24) is 4.31 Å². The number of aliphatic hydroxyl groups is 1. The lowest BCUT2D eigenvalue weighted by molar-refractivity contribution is 0.0290. The van der Waals surface area contributed by atoms with Gasteiger partial charge in [0.2, 0.25) is 10.0 Å². The molecule has 2 rings (SSSR count). The standard InChI is InChI=1S/C14H20FNO4S/c1-2-20-12-5-7-16(8-6-12)21(18,19)13-3-4-14(15)11(9-13)10-17/h3-4,9,12,17H,2,5-8,10H2,1H3. The Kier molecular flexibility index (Phi) is 5.32. The SMILES string of the molecule is CCOC1CCN(S(=O)(=O)c2ccc(F)c(CO)c2)CC1. The van der Waals surface area contributed by atoms with Gasteiger partial charge in [-0.3, -0.25) is 0 Å². The number of aliphatic hydroxyl groups excluding tert-OH is 1. The van der Waals surface area contributed by atoms with Crippen LogP contribution >= 0.6 is 0 Å². The maximum Gasteiger partial charge on any atom is 0.243 e. The van der Waals surface area contributed by atoms with Crippen molar-refractivity contribution < 1.29 is 22.7 Å². The number of nitrogens with zero attached hydrogens (tertiary/aromatic N) is 1. The molecular weight excluding hydrogens is 297 g/mol. The van der Waals surface area contributed by atoms with Gasteiger partial charge in [0.15, 0.2) is 0 Å². The van der Waals surface area contributed by atoms with Gasteiger partial charge in [0.25, 0.3) is 0 Å². The number of piperidine rings is 1. The van der Waals surface area contributed by atoms with E-state index >= 15 is 0 Å². The topological polar surface area (TPSA) is 66.8 Å². The maximum atomic E-state index is 13.4. The van der Waals surface area contributed by atoms with E-state index in [-0.39, 0.29) is 16.6 Å². The Morgan fingerprint density at radius 2 is 2.05 bits per heavy atom. The third-order valence-electron chi connectivity index (χ3n) is 3.63. The van der Waals surface area contributed by atoms with E-state index in [0.29, 0.717) is 32.5 Å². The quantitative estimate of drug-likeness (QED) is 0.894. The highest BCUT2D eigenvalue weighted by Gasteiger charge is 2.29. The predicted octanol–water partition coefficient (Wildman–Crippen LogP) is 1.51. The lowest BCUT2D eigenvalue weighted by Gasteiger charge is -2.31. The van der Waals surface area contributed by atoms with Gasteiger partial charge >= 0.3 is 0 Å². The fourth-order valence-electron chi connectivity index (χ4n) is 2.46. The zero-order valence-electron chi connectivity index (χ0n) is 12.0. The van der Waals surface area contributed by atoms with Crippen LogP contribution in [0.15, 0.2) is 23.1 Å². The summed E-state index contributed by atoms with van der Waals surface area (Å²) < 4.78 is 45.3. The first-order valence-electron chi connectivity index (χ1n) is 7.00. The van der Waals surface area contributed by atoms with Gasteiger partial charge in [-0.25, -0.2) is 12.8 Å². The van der Waals surface area contributed by atoms with E-state index in [2.05, 4.69) is 0 Å². The number of sulfonamides is 1. The van der Waals surface area contributed by atoms with Crippen LogP contribution in [0.3, 0.4) is 0 Å². The molecule has 5 nitrogen and oxygen atoms in total. The Hall–Kier alpha value is -1.02. The number of rotatable bonds is 5. The Morgan fingerprint density at radius 1 is 1.38 bits per heavy atom. The maximum absolute atomic E-state index is 13.4. The van der Waals surface area contributed by atoms with Crippen molar-refractivity contribution in [2.45, 2.75) is 37.4 Å². The number of hydrogen-bond donors (Lipinski definition) is 1. The molecule has 1 fully saturated rings. The van der Waals surface area contributed by atoms with Crippen LogP contribution in [-0.4, -0.2) is 43.6 Å². The molecule has 1 saturated heterocycles. The summed E-state index contributed by atoms with van der Waals surface area (Å²) in [5.41, 5.74) is -0.0136. The monoisotopic (exact) mass is 317 g/mol. The van der Waals surface area contributed by atoms with Gasteiger partial charge in [0.1, 0.15) is 5.82 Å². The molecule has 118 valence electrons. The summed E-state index contributed by atoms with van der Waals surface area (Å²) in [6.07, 6.45) is 1.41. The molecule has 1 aromatic carbocycles. The van der Waals surface area contributed by atoms with E-state index in [0.717, 1.165) is 6.07 Å². The lowest BCUT2D eigenvalue weighted by Crippen LogP contribution is -2.40. The molecule has 0 aliphatic carbocycles. The summed E-state index contributed by atoms with van der Waals surface area (Å²) in [7, 11) is -3.65. The first kappa shape index (κ1) is 16.4. The van der Waals surface area contributed by atoms with Crippen LogP contribution < -0.4 is 0 Å². The lowest BCUT2D eigenvalue weighted by atomic mass is 10.1. The van der Waals surface area contributed by atoms with Crippen LogP contribution in [0.5, 0.6) is 0 Å². The molecule has 1 aliphatic heterocycles. The molecule has 0 saturated carbocycles. The van der Waals surface area contributed by atoms with Gasteiger partial charge in [-0.15, -0.1) is 0 Å². The summed E-state index contributed by atoms with van der Waals surface area (Å²) in [5, 5.41) is 9.05. The molecule has 0 atom stereocenters. The number of hydrogen-bond acceptors (Lipinski definition) is 4. The molecule has 0 amide bonds. The predicted molar refractivity (Wildman–Crippen MR) is 75.7 cm³/mol. The smallest absolute Gasteiger partial charge is 0.243 e. The second-order valence-electron chi connectivity index (χ2n) is 4.97. The van der Waals surface area contributed by atoms with Crippen molar-refractivity contribution in [3.63, 3.8) is 0 Å². The molecule has 0 unspecified atom stereocenters. The van der Waals surface area contributed by atoms with Crippen molar-refractivity contribution in [2.24, 2.45) is 0 Å². The highest BCUT2D eigenvalue weighted by atomic mass is 32.2. The third-order valence-corrected chi connectivity index (χ3v) is 5.52. The van der Waals surface area contributed by atoms with Gasteiger partial charge in [-0.2, -0.15) is 4.31 Å². The van der Waals surface area contributed by atoms with E-state index in [9.17, 15) is 12.8 Å². The zero-order valence-corrected chi connectivity index (χ0v) is 12.8. The van der Waals surface area contributed by atoms with E-state index in [1.165, 1.54) is 16.4 Å². The number of ether oxygens (including phenoxy) is 1. The third kappa shape index (κ3) is 3.60. The highest BCUT2D eigenvalue weighted by Crippen LogP contribution is 2.23. The molecule has 1 aromatic rings. The van der Waals surface area contributed by atoms with Crippen LogP contribution in [-0.2, 0) is 21.4 Å². The minimum Gasteiger partial charge on any atom is -0.392 e. The minimum atomic E-state index is -3.65. The van der Waals surface area contributed by atoms with Crippen molar-refractivity contribution in [2.75, 3.05) is 19.7 Å². The molecule has 21 heavy (non-hydrogen) atoms.